The first kappa shape index (κ1) is 11.0. The van der Waals surface area contributed by atoms with Crippen LogP contribution in [0, 0.1) is 0 Å². The number of nitrogens with zero attached hydrogens (tertiary/aromatic N) is 3. The Balaban J connectivity index is 1.67. The van der Waals surface area contributed by atoms with Gasteiger partial charge in [0.1, 0.15) is 0 Å². The molecule has 2 heterocycles. The molecule has 0 spiro atoms. The van der Waals surface area contributed by atoms with Crippen LogP contribution in [0.1, 0.15) is 37.3 Å². The van der Waals surface area contributed by atoms with Crippen LogP contribution in [0.5, 0.6) is 0 Å². The zero-order chi connectivity index (χ0) is 11.7. The van der Waals surface area contributed by atoms with Gasteiger partial charge in [0.05, 0.1) is 5.69 Å². The van der Waals surface area contributed by atoms with Gasteiger partial charge in [-0.05, 0) is 38.4 Å². The quantitative estimate of drug-likeness (QED) is 0.858. The third-order valence-electron chi connectivity index (χ3n) is 4.12. The Bertz CT molecular complexity index is 372. The predicted molar refractivity (Wildman–Crippen MR) is 68.3 cm³/mol. The Hall–Kier alpha value is -1.16. The molecule has 2 fully saturated rings. The lowest BCUT2D eigenvalue weighted by Gasteiger charge is -2.24. The Morgan fingerprint density at radius 1 is 1.24 bits per heavy atom. The van der Waals surface area contributed by atoms with Crippen LogP contribution >= 0.6 is 0 Å². The first-order chi connectivity index (χ1) is 8.36. The minimum atomic E-state index is 0.600. The Morgan fingerprint density at radius 2 is 2.12 bits per heavy atom. The molecule has 0 aromatic carbocycles. The molecular formula is C13H20N4. The Labute approximate surface area is 102 Å². The molecule has 2 aliphatic rings. The molecule has 1 saturated carbocycles. The number of nitrogens with one attached hydrogen (secondary N) is 1. The van der Waals surface area contributed by atoms with Gasteiger partial charge >= 0.3 is 0 Å². The topological polar surface area (TPSA) is 41.0 Å². The van der Waals surface area contributed by atoms with Crippen molar-refractivity contribution in [1.29, 1.82) is 0 Å². The van der Waals surface area contributed by atoms with Crippen molar-refractivity contribution < 1.29 is 0 Å². The van der Waals surface area contributed by atoms with Gasteiger partial charge in [-0.15, -0.1) is 5.10 Å². The van der Waals surface area contributed by atoms with Gasteiger partial charge < -0.3 is 10.2 Å². The molecule has 1 atom stereocenters. The molecular weight excluding hydrogens is 212 g/mol. The third kappa shape index (κ3) is 2.14. The van der Waals surface area contributed by atoms with E-state index < -0.39 is 0 Å². The van der Waals surface area contributed by atoms with Crippen molar-refractivity contribution in [3.63, 3.8) is 0 Å². The molecule has 1 aliphatic carbocycles. The predicted octanol–water partition coefficient (Wildman–Crippen LogP) is 1.54. The first-order valence-corrected chi connectivity index (χ1v) is 6.62. The number of hydrogen-bond acceptors (Lipinski definition) is 4. The molecule has 1 saturated heterocycles. The van der Waals surface area contributed by atoms with Crippen LogP contribution in [0.4, 0.5) is 5.82 Å². The van der Waals surface area contributed by atoms with Gasteiger partial charge in [-0.1, -0.05) is 6.42 Å². The van der Waals surface area contributed by atoms with E-state index in [4.69, 9.17) is 0 Å². The zero-order valence-corrected chi connectivity index (χ0v) is 10.4. The van der Waals surface area contributed by atoms with Crippen molar-refractivity contribution >= 4 is 5.82 Å². The molecule has 1 aliphatic heterocycles. The summed E-state index contributed by atoms with van der Waals surface area (Å²) in [5.41, 5.74) is 1.18. The van der Waals surface area contributed by atoms with Crippen molar-refractivity contribution in [2.75, 3.05) is 25.0 Å². The minimum absolute atomic E-state index is 0.600. The second-order valence-corrected chi connectivity index (χ2v) is 5.16. The zero-order valence-electron chi connectivity index (χ0n) is 10.4. The normalized spacial score (nSPS) is 25.0. The summed E-state index contributed by atoms with van der Waals surface area (Å²) >= 11 is 0. The summed E-state index contributed by atoms with van der Waals surface area (Å²) in [5, 5.41) is 12.1. The van der Waals surface area contributed by atoms with E-state index >= 15 is 0 Å². The molecule has 0 amide bonds. The second kappa shape index (κ2) is 4.61. The maximum atomic E-state index is 4.38. The molecule has 1 aromatic heterocycles. The van der Waals surface area contributed by atoms with E-state index in [2.05, 4.69) is 32.5 Å². The molecule has 0 bridgehead atoms. The summed E-state index contributed by atoms with van der Waals surface area (Å²) in [6, 6.07) is 4.90. The van der Waals surface area contributed by atoms with Crippen LogP contribution in [-0.2, 0) is 0 Å². The smallest absolute Gasteiger partial charge is 0.151 e. The van der Waals surface area contributed by atoms with Crippen LogP contribution < -0.4 is 10.2 Å². The van der Waals surface area contributed by atoms with Gasteiger partial charge in [0.25, 0.3) is 0 Å². The van der Waals surface area contributed by atoms with Crippen LogP contribution in [0.25, 0.3) is 0 Å². The standard InChI is InChI=1S/C13H20N4/c1-14-11-7-8-17(9-11)13-6-5-12(15-16-13)10-3-2-4-10/h5-6,10-11,14H,2-4,7-9H2,1H3. The monoisotopic (exact) mass is 232 g/mol. The van der Waals surface area contributed by atoms with E-state index in [-0.39, 0.29) is 0 Å². The molecule has 0 radical (unpaired) electrons. The second-order valence-electron chi connectivity index (χ2n) is 5.16. The summed E-state index contributed by atoms with van der Waals surface area (Å²) in [6.45, 7) is 2.14. The van der Waals surface area contributed by atoms with Crippen molar-refractivity contribution in [3.05, 3.63) is 17.8 Å². The lowest BCUT2D eigenvalue weighted by Crippen LogP contribution is -2.30. The van der Waals surface area contributed by atoms with Crippen LogP contribution in [0.3, 0.4) is 0 Å². The van der Waals surface area contributed by atoms with Gasteiger partial charge in [-0.2, -0.15) is 5.10 Å². The number of anilines is 1. The van der Waals surface area contributed by atoms with Crippen molar-refractivity contribution in [1.82, 2.24) is 15.5 Å². The van der Waals surface area contributed by atoms with Gasteiger partial charge in [-0.25, -0.2) is 0 Å². The average molecular weight is 232 g/mol. The lowest BCUT2D eigenvalue weighted by molar-refractivity contribution is 0.408. The fraction of sp³-hybridized carbons (Fsp3) is 0.692. The highest BCUT2D eigenvalue weighted by molar-refractivity contribution is 5.39. The minimum Gasteiger partial charge on any atom is -0.354 e. The molecule has 17 heavy (non-hydrogen) atoms. The summed E-state index contributed by atoms with van der Waals surface area (Å²) in [5.74, 6) is 1.71. The molecule has 1 unspecified atom stereocenters. The number of likely N-dealkylation sites (N-methyl/N-ethyl adjacent to an activating group) is 1. The van der Waals surface area contributed by atoms with E-state index in [1.54, 1.807) is 0 Å². The van der Waals surface area contributed by atoms with E-state index in [9.17, 15) is 0 Å². The summed E-state index contributed by atoms with van der Waals surface area (Å²) in [7, 11) is 2.03. The highest BCUT2D eigenvalue weighted by atomic mass is 15.3. The molecule has 4 heteroatoms. The van der Waals surface area contributed by atoms with Gasteiger partial charge in [0.2, 0.25) is 0 Å². The van der Waals surface area contributed by atoms with E-state index in [1.165, 1.54) is 31.4 Å². The molecule has 3 rings (SSSR count). The molecule has 1 aromatic rings. The molecule has 4 nitrogen and oxygen atoms in total. The third-order valence-corrected chi connectivity index (χ3v) is 4.12. The van der Waals surface area contributed by atoms with Gasteiger partial charge in [-0.3, -0.25) is 0 Å². The highest BCUT2D eigenvalue weighted by Gasteiger charge is 2.24. The van der Waals surface area contributed by atoms with Crippen LogP contribution in [0.2, 0.25) is 0 Å². The Morgan fingerprint density at radius 3 is 2.65 bits per heavy atom. The molecule has 92 valence electrons. The number of hydrogen-bond donors (Lipinski definition) is 1. The summed E-state index contributed by atoms with van der Waals surface area (Å²) in [4.78, 5) is 2.32. The maximum absolute atomic E-state index is 4.38. The summed E-state index contributed by atoms with van der Waals surface area (Å²) < 4.78 is 0. The van der Waals surface area contributed by atoms with Crippen molar-refractivity contribution in [2.45, 2.75) is 37.6 Å². The fourth-order valence-electron chi connectivity index (χ4n) is 2.63. The lowest BCUT2D eigenvalue weighted by atomic mass is 9.83. The van der Waals surface area contributed by atoms with Crippen LogP contribution in [0.15, 0.2) is 12.1 Å². The average Bonchev–Trinajstić information content (AvgIpc) is 2.76. The largest absolute Gasteiger partial charge is 0.354 e. The highest BCUT2D eigenvalue weighted by Crippen LogP contribution is 2.35. The fourth-order valence-corrected chi connectivity index (χ4v) is 2.63. The van der Waals surface area contributed by atoms with Gasteiger partial charge in [0, 0.05) is 25.0 Å². The number of rotatable bonds is 3. The SMILES string of the molecule is CNC1CCN(c2ccc(C3CCC3)nn2)C1. The Kier molecular flexibility index (Phi) is 2.97. The van der Waals surface area contributed by atoms with Gasteiger partial charge in [0.15, 0.2) is 5.82 Å². The van der Waals surface area contributed by atoms with E-state index in [1.807, 2.05) is 7.05 Å². The number of aromatic nitrogens is 2. The van der Waals surface area contributed by atoms with E-state index in [0.717, 1.165) is 18.9 Å². The summed E-state index contributed by atoms with van der Waals surface area (Å²) in [6.07, 6.45) is 5.13. The van der Waals surface area contributed by atoms with Crippen molar-refractivity contribution in [3.8, 4) is 0 Å². The van der Waals surface area contributed by atoms with E-state index in [0.29, 0.717) is 12.0 Å². The van der Waals surface area contributed by atoms with Crippen molar-refractivity contribution in [2.24, 2.45) is 0 Å². The molecule has 1 N–H and O–H groups in total. The first-order valence-electron chi connectivity index (χ1n) is 6.62. The van der Waals surface area contributed by atoms with Crippen LogP contribution in [-0.4, -0.2) is 36.4 Å². The maximum Gasteiger partial charge on any atom is 0.151 e.